The van der Waals surface area contributed by atoms with Gasteiger partial charge in [-0.15, -0.1) is 0 Å². The van der Waals surface area contributed by atoms with Crippen molar-refractivity contribution in [1.82, 2.24) is 9.80 Å². The number of anilines is 1. The van der Waals surface area contributed by atoms with E-state index in [2.05, 4.69) is 10.2 Å². The molecule has 7 heteroatoms. The van der Waals surface area contributed by atoms with Crippen LogP contribution in [0.25, 0.3) is 0 Å². The van der Waals surface area contributed by atoms with E-state index in [1.54, 1.807) is 11.2 Å². The highest BCUT2D eigenvalue weighted by Crippen LogP contribution is 2.15. The van der Waals surface area contributed by atoms with E-state index in [0.29, 0.717) is 19.6 Å². The van der Waals surface area contributed by atoms with Crippen molar-refractivity contribution < 1.29 is 18.0 Å². The quantitative estimate of drug-likeness (QED) is 0.945. The molecule has 1 N–H and O–H groups in total. The number of carbonyl (C=O) groups excluding carboxylic acids is 1. The number of amides is 2. The Kier molecular flexibility index (Phi) is 4.57. The molecular formula is C16H17F2N3O2. The number of benzene rings is 1. The SMILES string of the molecule is O=C(Nc1ccc(F)c(F)c1)N1CCN(Cc2ccco2)CC1. The number of hydrogen-bond acceptors (Lipinski definition) is 3. The Hall–Kier alpha value is -2.41. The second kappa shape index (κ2) is 6.78. The highest BCUT2D eigenvalue weighted by atomic mass is 19.2. The predicted octanol–water partition coefficient (Wildman–Crippen LogP) is 2.91. The molecule has 0 aliphatic carbocycles. The first-order valence-corrected chi connectivity index (χ1v) is 7.37. The molecule has 0 spiro atoms. The Labute approximate surface area is 132 Å². The molecule has 0 saturated carbocycles. The molecule has 1 aromatic carbocycles. The van der Waals surface area contributed by atoms with Gasteiger partial charge in [0.25, 0.3) is 0 Å². The van der Waals surface area contributed by atoms with Crippen molar-refractivity contribution in [3.8, 4) is 0 Å². The lowest BCUT2D eigenvalue weighted by Gasteiger charge is -2.34. The van der Waals surface area contributed by atoms with Crippen LogP contribution in [0.5, 0.6) is 0 Å². The molecule has 1 aliphatic rings. The maximum Gasteiger partial charge on any atom is 0.321 e. The third-order valence-electron chi connectivity index (χ3n) is 3.79. The molecule has 2 heterocycles. The maximum atomic E-state index is 13.1. The number of carbonyl (C=O) groups is 1. The van der Waals surface area contributed by atoms with Crippen molar-refractivity contribution in [2.75, 3.05) is 31.5 Å². The predicted molar refractivity (Wildman–Crippen MR) is 80.9 cm³/mol. The number of furan rings is 1. The monoisotopic (exact) mass is 321 g/mol. The van der Waals surface area contributed by atoms with E-state index < -0.39 is 11.6 Å². The number of nitrogens with zero attached hydrogens (tertiary/aromatic N) is 2. The Bertz CT molecular complexity index is 668. The van der Waals surface area contributed by atoms with Crippen LogP contribution in [0.1, 0.15) is 5.76 Å². The minimum atomic E-state index is -0.980. The zero-order valence-electron chi connectivity index (χ0n) is 12.5. The molecule has 1 fully saturated rings. The highest BCUT2D eigenvalue weighted by Gasteiger charge is 2.21. The second-order valence-electron chi connectivity index (χ2n) is 5.40. The van der Waals surface area contributed by atoms with Crippen LogP contribution in [0, 0.1) is 11.6 Å². The number of halogens is 2. The summed E-state index contributed by atoms with van der Waals surface area (Å²) in [6.07, 6.45) is 1.64. The lowest BCUT2D eigenvalue weighted by molar-refractivity contribution is 0.137. The van der Waals surface area contributed by atoms with Crippen LogP contribution in [-0.2, 0) is 6.54 Å². The van der Waals surface area contributed by atoms with Crippen molar-refractivity contribution in [2.24, 2.45) is 0 Å². The van der Waals surface area contributed by atoms with Gasteiger partial charge >= 0.3 is 6.03 Å². The third-order valence-corrected chi connectivity index (χ3v) is 3.79. The van der Waals surface area contributed by atoms with Crippen molar-refractivity contribution in [1.29, 1.82) is 0 Å². The molecule has 0 radical (unpaired) electrons. The molecule has 5 nitrogen and oxygen atoms in total. The summed E-state index contributed by atoms with van der Waals surface area (Å²) >= 11 is 0. The summed E-state index contributed by atoms with van der Waals surface area (Å²) in [5, 5.41) is 2.58. The van der Waals surface area contributed by atoms with Gasteiger partial charge < -0.3 is 14.6 Å². The standard InChI is InChI=1S/C16H17F2N3O2/c17-14-4-3-12(10-15(14)18)19-16(22)21-7-5-20(6-8-21)11-13-2-1-9-23-13/h1-4,9-10H,5-8,11H2,(H,19,22). The summed E-state index contributed by atoms with van der Waals surface area (Å²) in [6, 6.07) is 6.76. The molecule has 0 unspecified atom stereocenters. The summed E-state index contributed by atoms with van der Waals surface area (Å²) in [5.41, 5.74) is 0.243. The van der Waals surface area contributed by atoms with Crippen molar-refractivity contribution >= 4 is 11.7 Å². The minimum Gasteiger partial charge on any atom is -0.468 e. The number of piperazine rings is 1. The third kappa shape index (κ3) is 3.87. The maximum absolute atomic E-state index is 13.1. The van der Waals surface area contributed by atoms with Crippen molar-refractivity contribution in [3.63, 3.8) is 0 Å². The van der Waals surface area contributed by atoms with Gasteiger partial charge in [-0.05, 0) is 24.3 Å². The number of urea groups is 1. The zero-order chi connectivity index (χ0) is 16.2. The molecule has 1 aliphatic heterocycles. The van der Waals surface area contributed by atoms with Gasteiger partial charge in [0.15, 0.2) is 11.6 Å². The molecule has 1 saturated heterocycles. The van der Waals surface area contributed by atoms with E-state index in [1.807, 2.05) is 12.1 Å². The van der Waals surface area contributed by atoms with Crippen LogP contribution in [0.4, 0.5) is 19.3 Å². The smallest absolute Gasteiger partial charge is 0.321 e. The molecule has 2 aromatic rings. The van der Waals surface area contributed by atoms with Gasteiger partial charge in [0.1, 0.15) is 5.76 Å². The summed E-state index contributed by atoms with van der Waals surface area (Å²) in [5.74, 6) is -1.02. The van der Waals surface area contributed by atoms with Gasteiger partial charge in [0.2, 0.25) is 0 Å². The molecule has 0 bridgehead atoms. The van der Waals surface area contributed by atoms with E-state index in [0.717, 1.165) is 31.0 Å². The fourth-order valence-corrected chi connectivity index (χ4v) is 2.51. The lowest BCUT2D eigenvalue weighted by Crippen LogP contribution is -2.49. The first-order valence-electron chi connectivity index (χ1n) is 7.37. The summed E-state index contributed by atoms with van der Waals surface area (Å²) in [7, 11) is 0. The Morgan fingerprint density at radius 3 is 2.57 bits per heavy atom. The number of nitrogens with one attached hydrogen (secondary N) is 1. The van der Waals surface area contributed by atoms with Crippen LogP contribution in [0.2, 0.25) is 0 Å². The van der Waals surface area contributed by atoms with Crippen LogP contribution in [0.15, 0.2) is 41.0 Å². The van der Waals surface area contributed by atoms with Gasteiger partial charge in [-0.3, -0.25) is 4.90 Å². The van der Waals surface area contributed by atoms with Gasteiger partial charge in [-0.25, -0.2) is 13.6 Å². The van der Waals surface area contributed by atoms with Gasteiger partial charge in [0, 0.05) is 37.9 Å². The van der Waals surface area contributed by atoms with Gasteiger partial charge in [-0.1, -0.05) is 0 Å². The molecular weight excluding hydrogens is 304 g/mol. The zero-order valence-corrected chi connectivity index (χ0v) is 12.5. The average molecular weight is 321 g/mol. The summed E-state index contributed by atoms with van der Waals surface area (Å²) < 4.78 is 31.3. The Morgan fingerprint density at radius 2 is 1.91 bits per heavy atom. The molecule has 122 valence electrons. The Morgan fingerprint density at radius 1 is 1.13 bits per heavy atom. The first-order chi connectivity index (χ1) is 11.1. The van der Waals surface area contributed by atoms with Crippen LogP contribution >= 0.6 is 0 Å². The number of rotatable bonds is 3. The topological polar surface area (TPSA) is 48.7 Å². The first kappa shape index (κ1) is 15.5. The van der Waals surface area contributed by atoms with E-state index >= 15 is 0 Å². The van der Waals surface area contributed by atoms with Gasteiger partial charge in [0.05, 0.1) is 12.8 Å². The fourth-order valence-electron chi connectivity index (χ4n) is 2.51. The minimum absolute atomic E-state index is 0.243. The van der Waals surface area contributed by atoms with E-state index in [9.17, 15) is 13.6 Å². The molecule has 23 heavy (non-hydrogen) atoms. The van der Waals surface area contributed by atoms with Crippen LogP contribution < -0.4 is 5.32 Å². The Balaban J connectivity index is 1.50. The van der Waals surface area contributed by atoms with Gasteiger partial charge in [-0.2, -0.15) is 0 Å². The van der Waals surface area contributed by atoms with Crippen molar-refractivity contribution in [3.05, 3.63) is 54.0 Å². The summed E-state index contributed by atoms with van der Waals surface area (Å²) in [4.78, 5) is 16.0. The van der Waals surface area contributed by atoms with Crippen LogP contribution in [0.3, 0.4) is 0 Å². The summed E-state index contributed by atoms with van der Waals surface area (Å²) in [6.45, 7) is 3.30. The van der Waals surface area contributed by atoms with E-state index in [-0.39, 0.29) is 11.7 Å². The van der Waals surface area contributed by atoms with Crippen molar-refractivity contribution in [2.45, 2.75) is 6.54 Å². The second-order valence-corrected chi connectivity index (χ2v) is 5.40. The molecule has 3 rings (SSSR count). The highest BCUT2D eigenvalue weighted by molar-refractivity contribution is 5.89. The molecule has 1 aromatic heterocycles. The fraction of sp³-hybridized carbons (Fsp3) is 0.312. The van der Waals surface area contributed by atoms with E-state index in [4.69, 9.17) is 4.42 Å². The number of hydrogen-bond donors (Lipinski definition) is 1. The lowest BCUT2D eigenvalue weighted by atomic mass is 10.3. The van der Waals surface area contributed by atoms with Crippen LogP contribution in [-0.4, -0.2) is 42.0 Å². The molecule has 2 amide bonds. The average Bonchev–Trinajstić information content (AvgIpc) is 3.04. The normalized spacial score (nSPS) is 15.7. The molecule has 0 atom stereocenters. The van der Waals surface area contributed by atoms with E-state index in [1.165, 1.54) is 6.07 Å². The largest absolute Gasteiger partial charge is 0.468 e.